The molecule has 4 fully saturated rings. The van der Waals surface area contributed by atoms with Gasteiger partial charge in [-0.15, -0.1) is 0 Å². The molecule has 0 aromatic rings. The highest BCUT2D eigenvalue weighted by Gasteiger charge is 2.54. The van der Waals surface area contributed by atoms with Gasteiger partial charge in [-0.2, -0.15) is 0 Å². The Morgan fingerprint density at radius 1 is 0.673 bits per heavy atom. The van der Waals surface area contributed by atoms with E-state index in [1.807, 2.05) is 0 Å². The third kappa shape index (κ3) is 10.2. The normalized spacial score (nSPS) is 47.3. The summed E-state index contributed by atoms with van der Waals surface area (Å²) < 4.78 is 40.7. The summed E-state index contributed by atoms with van der Waals surface area (Å²) in [4.78, 5) is 9.00. The minimum Gasteiger partial charge on any atom is -0.481 e. The minimum atomic E-state index is -1.57. The number of rotatable bonds is 12. The Morgan fingerprint density at radius 3 is 1.69 bits per heavy atom. The second-order valence-electron chi connectivity index (χ2n) is 12.5. The van der Waals surface area contributed by atoms with Gasteiger partial charge >= 0.3 is 0 Å². The van der Waals surface area contributed by atoms with Gasteiger partial charge in [-0.05, 0) is 12.8 Å². The molecule has 3 aliphatic heterocycles. The molecule has 4 aliphatic rings. The quantitative estimate of drug-likeness (QED) is 0.0833. The van der Waals surface area contributed by atoms with Crippen molar-refractivity contribution < 1.29 is 83.9 Å². The lowest BCUT2D eigenvalue weighted by atomic mass is 9.84. The van der Waals surface area contributed by atoms with Crippen LogP contribution in [0.3, 0.4) is 0 Å². The summed E-state index contributed by atoms with van der Waals surface area (Å²) in [5, 5.41) is 89.9. The summed E-state index contributed by atoms with van der Waals surface area (Å²) in [6.07, 6.45) is -19.3. The van der Waals surface area contributed by atoms with Crippen LogP contribution in [0.25, 0.3) is 0 Å². The smallest absolute Gasteiger partial charge is 0.300 e. The number of carboxylic acids is 1. The fourth-order valence-corrected chi connectivity index (χ4v) is 6.09. The molecule has 17 N–H and O–H groups in total. The summed E-state index contributed by atoms with van der Waals surface area (Å²) in [5.41, 5.74) is 24.6. The summed E-state index contributed by atoms with van der Waals surface area (Å²) in [7, 11) is 0. The van der Waals surface area contributed by atoms with E-state index in [-0.39, 0.29) is 26.2 Å². The van der Waals surface area contributed by atoms with Crippen molar-refractivity contribution in [2.45, 2.75) is 143 Å². The largest absolute Gasteiger partial charge is 0.481 e. The summed E-state index contributed by atoms with van der Waals surface area (Å²) in [6, 6.07) is -4.23. The molecule has 0 amide bonds. The van der Waals surface area contributed by atoms with Crippen molar-refractivity contribution in [3.05, 3.63) is 0 Å². The summed E-state index contributed by atoms with van der Waals surface area (Å²) in [5.74, 6) is -0.833. The molecule has 19 unspecified atom stereocenters. The molecule has 49 heavy (non-hydrogen) atoms. The first kappa shape index (κ1) is 42.1. The summed E-state index contributed by atoms with van der Waals surface area (Å²) in [6.45, 7) is 1.62. The fraction of sp³-hybridized carbons (Fsp3) is 0.964. The molecule has 0 spiro atoms. The van der Waals surface area contributed by atoms with Crippen molar-refractivity contribution in [3.8, 4) is 0 Å². The van der Waals surface area contributed by atoms with Gasteiger partial charge in [0.25, 0.3) is 5.97 Å². The predicted octanol–water partition coefficient (Wildman–Crippen LogP) is -7.30. The molecule has 21 heteroatoms. The Hall–Kier alpha value is -1.29. The number of carboxylic acid groups (broad SMARTS) is 1. The fourth-order valence-electron chi connectivity index (χ4n) is 6.09. The molecule has 0 aromatic carbocycles. The second kappa shape index (κ2) is 19.0. The molecule has 19 atom stereocenters. The van der Waals surface area contributed by atoms with Crippen LogP contribution >= 0.6 is 0 Å². The molecule has 0 bridgehead atoms. The second-order valence-corrected chi connectivity index (χ2v) is 12.5. The average molecular weight is 719 g/mol. The van der Waals surface area contributed by atoms with Crippen LogP contribution in [0.15, 0.2) is 0 Å². The van der Waals surface area contributed by atoms with Crippen LogP contribution in [0.1, 0.15) is 26.7 Å². The van der Waals surface area contributed by atoms with E-state index in [0.717, 1.165) is 6.92 Å². The number of ether oxygens (including phenoxy) is 7. The molecule has 3 saturated heterocycles. The van der Waals surface area contributed by atoms with Crippen LogP contribution < -0.4 is 22.9 Å². The SMILES string of the molecule is CC(=O)O.CCC1OC(OC2C(COCCO)OC(OC3C(O)C(N)CC(N)C3OC3OC(CO)C(O)C(O)C3N)C2O)C(N)C(O)C1O. The van der Waals surface area contributed by atoms with Gasteiger partial charge < -0.3 is 102 Å². The van der Waals surface area contributed by atoms with Gasteiger partial charge in [-0.25, -0.2) is 0 Å². The van der Waals surface area contributed by atoms with Crippen LogP contribution in [0.5, 0.6) is 0 Å². The van der Waals surface area contributed by atoms with Crippen molar-refractivity contribution in [2.75, 3.05) is 26.4 Å². The maximum absolute atomic E-state index is 11.4. The zero-order chi connectivity index (χ0) is 36.7. The van der Waals surface area contributed by atoms with Gasteiger partial charge in [0.1, 0.15) is 61.0 Å². The monoisotopic (exact) mass is 718 g/mol. The zero-order valence-corrected chi connectivity index (χ0v) is 27.3. The summed E-state index contributed by atoms with van der Waals surface area (Å²) >= 11 is 0. The maximum atomic E-state index is 11.4. The predicted molar refractivity (Wildman–Crippen MR) is 162 cm³/mol. The van der Waals surface area contributed by atoms with Crippen molar-refractivity contribution >= 4 is 5.97 Å². The maximum Gasteiger partial charge on any atom is 0.300 e. The molecule has 21 nitrogen and oxygen atoms in total. The van der Waals surface area contributed by atoms with Gasteiger partial charge in [-0.1, -0.05) is 6.92 Å². The first-order chi connectivity index (χ1) is 23.1. The van der Waals surface area contributed by atoms with E-state index in [1.54, 1.807) is 6.92 Å². The Morgan fingerprint density at radius 2 is 1.16 bits per heavy atom. The van der Waals surface area contributed by atoms with E-state index < -0.39 is 129 Å². The number of hydrogen-bond donors (Lipinski definition) is 13. The van der Waals surface area contributed by atoms with E-state index >= 15 is 0 Å². The Bertz CT molecular complexity index is 1000. The third-order valence-electron chi connectivity index (χ3n) is 8.83. The number of nitrogens with two attached hydrogens (primary N) is 4. The Labute approximate surface area is 282 Å². The van der Waals surface area contributed by atoms with Crippen molar-refractivity contribution in [1.29, 1.82) is 0 Å². The van der Waals surface area contributed by atoms with Crippen LogP contribution in [-0.2, 0) is 38.0 Å². The first-order valence-electron chi connectivity index (χ1n) is 16.1. The van der Waals surface area contributed by atoms with Crippen molar-refractivity contribution in [1.82, 2.24) is 0 Å². The zero-order valence-electron chi connectivity index (χ0n) is 27.3. The van der Waals surface area contributed by atoms with Gasteiger partial charge in [0, 0.05) is 19.0 Å². The Kier molecular flexibility index (Phi) is 16.3. The minimum absolute atomic E-state index is 0.0611. The molecule has 1 saturated carbocycles. The van der Waals surface area contributed by atoms with Crippen molar-refractivity contribution in [2.24, 2.45) is 22.9 Å². The van der Waals surface area contributed by atoms with Crippen LogP contribution in [0.4, 0.5) is 0 Å². The lowest BCUT2D eigenvalue weighted by Gasteiger charge is -2.47. The molecular weight excluding hydrogens is 664 g/mol. The highest BCUT2D eigenvalue weighted by atomic mass is 16.8. The molecule has 0 radical (unpaired) electrons. The number of carbonyl (C=O) groups is 1. The molecule has 0 aromatic heterocycles. The van der Waals surface area contributed by atoms with E-state index in [0.29, 0.717) is 6.42 Å². The molecule has 1 aliphatic carbocycles. The highest BCUT2D eigenvalue weighted by molar-refractivity contribution is 5.62. The van der Waals surface area contributed by atoms with Gasteiger partial charge in [0.2, 0.25) is 0 Å². The topological polar surface area (TPSA) is 368 Å². The van der Waals surface area contributed by atoms with E-state index in [1.165, 1.54) is 0 Å². The molecule has 288 valence electrons. The van der Waals surface area contributed by atoms with E-state index in [9.17, 15) is 35.7 Å². The molecule has 3 heterocycles. The van der Waals surface area contributed by atoms with E-state index in [2.05, 4.69) is 0 Å². The standard InChI is InChI=1S/C26H50N4O15.C2H4O2/c1-2-10-16(34)18(36)13(29)24(40-10)44-22-12(7-39-4-3-31)42-26(20(22)38)45-23-15(33)8(27)5-9(28)21(23)43-25-14(30)19(37)17(35)11(6-32)41-25;1-2(3)4/h8-26,31-38H,2-7,27-30H2,1H3;1H3,(H,3,4). The lowest BCUT2D eigenvalue weighted by Crippen LogP contribution is -2.68. The number of hydrogen-bond acceptors (Lipinski definition) is 20. The first-order valence-corrected chi connectivity index (χ1v) is 16.1. The third-order valence-corrected chi connectivity index (χ3v) is 8.83. The van der Waals surface area contributed by atoms with Gasteiger partial charge in [-0.3, -0.25) is 4.79 Å². The van der Waals surface area contributed by atoms with E-state index in [4.69, 9.17) is 71.1 Å². The van der Waals surface area contributed by atoms with Gasteiger partial charge in [0.05, 0.1) is 50.7 Å². The Balaban J connectivity index is 0.00000154. The highest BCUT2D eigenvalue weighted by Crippen LogP contribution is 2.34. The lowest BCUT2D eigenvalue weighted by molar-refractivity contribution is -0.310. The van der Waals surface area contributed by atoms with Crippen LogP contribution in [0, 0.1) is 0 Å². The molecule has 4 rings (SSSR count). The van der Waals surface area contributed by atoms with Crippen LogP contribution in [0.2, 0.25) is 0 Å². The average Bonchev–Trinajstić information content (AvgIpc) is 3.34. The van der Waals surface area contributed by atoms with Crippen LogP contribution in [-0.4, -0.2) is 195 Å². The number of aliphatic hydroxyl groups is 8. The molecular formula is C28H54N4O17. The number of aliphatic carboxylic acids is 1. The van der Waals surface area contributed by atoms with Crippen molar-refractivity contribution in [3.63, 3.8) is 0 Å². The number of aliphatic hydroxyl groups excluding tert-OH is 8. The van der Waals surface area contributed by atoms with Gasteiger partial charge in [0.15, 0.2) is 18.9 Å².